The van der Waals surface area contributed by atoms with Crippen LogP contribution in [0.1, 0.15) is 5.56 Å². The predicted molar refractivity (Wildman–Crippen MR) is 45.3 cm³/mol. The number of fused-ring (bicyclic) bond motifs is 1. The average molecular weight is 170 g/mol. The zero-order chi connectivity index (χ0) is 7.84. The lowest BCUT2D eigenvalue weighted by molar-refractivity contribution is 0.470. The highest BCUT2D eigenvalue weighted by atomic mass is 35.5. The van der Waals surface area contributed by atoms with Crippen molar-refractivity contribution in [3.05, 3.63) is 22.7 Å². The van der Waals surface area contributed by atoms with E-state index >= 15 is 0 Å². The molecule has 0 radical (unpaired) electrons. The van der Waals surface area contributed by atoms with E-state index in [0.717, 1.165) is 24.2 Å². The minimum Gasteiger partial charge on any atom is -0.508 e. The van der Waals surface area contributed by atoms with Crippen LogP contribution in [0.15, 0.2) is 12.1 Å². The Bertz CT molecular complexity index is 298. The van der Waals surface area contributed by atoms with Crippen molar-refractivity contribution < 1.29 is 5.11 Å². The Morgan fingerprint density at radius 2 is 2.27 bits per heavy atom. The maximum atomic E-state index is 9.39. The highest BCUT2D eigenvalue weighted by Gasteiger charge is 2.14. The summed E-state index contributed by atoms with van der Waals surface area (Å²) in [5.74, 6) is 0.303. The lowest BCUT2D eigenvalue weighted by Gasteiger charge is -2.01. The van der Waals surface area contributed by atoms with E-state index in [1.54, 1.807) is 6.07 Å². The molecule has 0 amide bonds. The summed E-state index contributed by atoms with van der Waals surface area (Å²) in [6.07, 6.45) is 0.887. The van der Waals surface area contributed by atoms with Crippen molar-refractivity contribution in [1.29, 1.82) is 0 Å². The average Bonchev–Trinajstić information content (AvgIpc) is 2.34. The van der Waals surface area contributed by atoms with Gasteiger partial charge in [-0.05, 0) is 18.6 Å². The number of phenolic OH excluding ortho intramolecular Hbond substituents is 1. The van der Waals surface area contributed by atoms with Gasteiger partial charge in [0.05, 0.1) is 0 Å². The van der Waals surface area contributed by atoms with Gasteiger partial charge in [0.25, 0.3) is 0 Å². The molecule has 1 aromatic rings. The Morgan fingerprint density at radius 1 is 1.45 bits per heavy atom. The number of halogens is 1. The van der Waals surface area contributed by atoms with Gasteiger partial charge in [-0.25, -0.2) is 0 Å². The molecule has 2 N–H and O–H groups in total. The number of hydrogen-bond acceptors (Lipinski definition) is 2. The largest absolute Gasteiger partial charge is 0.508 e. The van der Waals surface area contributed by atoms with Gasteiger partial charge in [0.15, 0.2) is 0 Å². The van der Waals surface area contributed by atoms with Crippen LogP contribution in [0, 0.1) is 0 Å². The quantitative estimate of drug-likeness (QED) is 0.623. The molecule has 2 rings (SSSR count). The molecule has 0 atom stereocenters. The number of rotatable bonds is 0. The van der Waals surface area contributed by atoms with E-state index in [0.29, 0.717) is 10.8 Å². The number of phenols is 1. The van der Waals surface area contributed by atoms with Crippen LogP contribution in [0.5, 0.6) is 5.75 Å². The summed E-state index contributed by atoms with van der Waals surface area (Å²) in [7, 11) is 0. The van der Waals surface area contributed by atoms with Gasteiger partial charge in [-0.2, -0.15) is 0 Å². The molecule has 1 aromatic carbocycles. The van der Waals surface area contributed by atoms with Crippen LogP contribution >= 0.6 is 11.6 Å². The minimum atomic E-state index is 0.303. The van der Waals surface area contributed by atoms with Crippen LogP contribution in [0.25, 0.3) is 0 Å². The first-order valence-electron chi connectivity index (χ1n) is 3.52. The third-order valence-electron chi connectivity index (χ3n) is 1.88. The van der Waals surface area contributed by atoms with Crippen LogP contribution in [-0.4, -0.2) is 11.7 Å². The fraction of sp³-hybridized carbons (Fsp3) is 0.250. The first-order valence-corrected chi connectivity index (χ1v) is 3.90. The van der Waals surface area contributed by atoms with Crippen LogP contribution < -0.4 is 5.32 Å². The predicted octanol–water partition coefficient (Wildman–Crippen LogP) is 2.01. The smallest absolute Gasteiger partial charge is 0.122 e. The molecule has 0 aromatic heterocycles. The molecule has 0 bridgehead atoms. The second-order valence-electron chi connectivity index (χ2n) is 2.63. The van der Waals surface area contributed by atoms with Gasteiger partial charge in [-0.15, -0.1) is 0 Å². The summed E-state index contributed by atoms with van der Waals surface area (Å²) in [5, 5.41) is 13.1. The first kappa shape index (κ1) is 6.80. The number of nitrogens with one attached hydrogen (secondary N) is 1. The summed E-state index contributed by atoms with van der Waals surface area (Å²) in [6.45, 7) is 0.892. The molecule has 0 spiro atoms. The first-order chi connectivity index (χ1) is 5.27. The molecule has 3 heteroatoms. The molecular weight excluding hydrogens is 162 g/mol. The molecule has 11 heavy (non-hydrogen) atoms. The van der Waals surface area contributed by atoms with Crippen molar-refractivity contribution in [2.24, 2.45) is 0 Å². The van der Waals surface area contributed by atoms with Crippen molar-refractivity contribution in [3.63, 3.8) is 0 Å². The molecule has 1 aliphatic heterocycles. The Balaban J connectivity index is 2.60. The molecule has 1 heterocycles. The summed E-state index contributed by atoms with van der Waals surface area (Å²) < 4.78 is 0. The second kappa shape index (κ2) is 2.31. The van der Waals surface area contributed by atoms with Gasteiger partial charge >= 0.3 is 0 Å². The standard InChI is InChI=1S/C8H8ClNO/c9-5-3-7-6(1-2-10-7)8(11)4-5/h3-4,10-11H,1-2H2. The normalized spacial score (nSPS) is 14.3. The SMILES string of the molecule is Oc1cc(Cl)cc2c1CCN2. The van der Waals surface area contributed by atoms with Crippen molar-refractivity contribution in [3.8, 4) is 5.75 Å². The van der Waals surface area contributed by atoms with Crippen molar-refractivity contribution >= 4 is 17.3 Å². The number of aromatic hydroxyl groups is 1. The molecule has 0 saturated carbocycles. The van der Waals surface area contributed by atoms with E-state index in [4.69, 9.17) is 11.6 Å². The highest BCUT2D eigenvalue weighted by molar-refractivity contribution is 6.31. The Kier molecular flexibility index (Phi) is 1.43. The Hall–Kier alpha value is -0.890. The van der Waals surface area contributed by atoms with E-state index in [2.05, 4.69) is 5.32 Å². The number of anilines is 1. The second-order valence-corrected chi connectivity index (χ2v) is 3.06. The summed E-state index contributed by atoms with van der Waals surface area (Å²) in [5.41, 5.74) is 1.95. The molecule has 58 valence electrons. The van der Waals surface area contributed by atoms with Gasteiger partial charge in [0.2, 0.25) is 0 Å². The van der Waals surface area contributed by atoms with Crippen LogP contribution in [-0.2, 0) is 6.42 Å². The van der Waals surface area contributed by atoms with Crippen molar-refractivity contribution in [1.82, 2.24) is 0 Å². The summed E-state index contributed by atoms with van der Waals surface area (Å²) in [4.78, 5) is 0. The van der Waals surface area contributed by atoms with Crippen LogP contribution in [0.2, 0.25) is 5.02 Å². The molecule has 0 saturated heterocycles. The number of benzene rings is 1. The van der Waals surface area contributed by atoms with Gasteiger partial charge < -0.3 is 10.4 Å². The molecule has 2 nitrogen and oxygen atoms in total. The monoisotopic (exact) mass is 169 g/mol. The summed E-state index contributed by atoms with van der Waals surface area (Å²) >= 11 is 5.73. The van der Waals surface area contributed by atoms with Gasteiger partial charge in [0.1, 0.15) is 5.75 Å². The van der Waals surface area contributed by atoms with Gasteiger partial charge in [0, 0.05) is 22.8 Å². The fourth-order valence-corrected chi connectivity index (χ4v) is 1.58. The third-order valence-corrected chi connectivity index (χ3v) is 2.10. The maximum absolute atomic E-state index is 9.39. The lowest BCUT2D eigenvalue weighted by atomic mass is 10.1. The summed E-state index contributed by atoms with van der Waals surface area (Å²) in [6, 6.07) is 3.41. The van der Waals surface area contributed by atoms with E-state index in [9.17, 15) is 5.11 Å². The lowest BCUT2D eigenvalue weighted by Crippen LogP contribution is -1.90. The minimum absolute atomic E-state index is 0.303. The zero-order valence-corrected chi connectivity index (χ0v) is 6.65. The van der Waals surface area contributed by atoms with Crippen LogP contribution in [0.3, 0.4) is 0 Å². The van der Waals surface area contributed by atoms with E-state index in [1.807, 2.05) is 6.07 Å². The van der Waals surface area contributed by atoms with Crippen molar-refractivity contribution in [2.75, 3.05) is 11.9 Å². The van der Waals surface area contributed by atoms with E-state index in [1.165, 1.54) is 0 Å². The van der Waals surface area contributed by atoms with E-state index < -0.39 is 0 Å². The molecule has 0 fully saturated rings. The zero-order valence-electron chi connectivity index (χ0n) is 5.89. The maximum Gasteiger partial charge on any atom is 0.122 e. The molecular formula is C8H8ClNO. The molecule has 1 aliphatic rings. The Labute approximate surface area is 69.8 Å². The fourth-order valence-electron chi connectivity index (χ4n) is 1.37. The van der Waals surface area contributed by atoms with Crippen molar-refractivity contribution in [2.45, 2.75) is 6.42 Å². The molecule has 0 unspecified atom stereocenters. The topological polar surface area (TPSA) is 32.3 Å². The van der Waals surface area contributed by atoms with Crippen LogP contribution in [0.4, 0.5) is 5.69 Å². The highest BCUT2D eigenvalue weighted by Crippen LogP contribution is 2.33. The van der Waals surface area contributed by atoms with Gasteiger partial charge in [-0.1, -0.05) is 11.6 Å². The third kappa shape index (κ3) is 1.03. The van der Waals surface area contributed by atoms with E-state index in [-0.39, 0.29) is 0 Å². The molecule has 0 aliphatic carbocycles. The Morgan fingerprint density at radius 3 is 3.09 bits per heavy atom. The number of hydrogen-bond donors (Lipinski definition) is 2. The van der Waals surface area contributed by atoms with Gasteiger partial charge in [-0.3, -0.25) is 0 Å².